The summed E-state index contributed by atoms with van der Waals surface area (Å²) < 4.78 is 0.0507. The number of carbonyl (C=O) groups excluding carboxylic acids is 1. The molecule has 0 radical (unpaired) electrons. The second kappa shape index (κ2) is 8.09. The molecule has 1 unspecified atom stereocenters. The SMILES string of the molecule is CCCC(C)(CCO)SC[C@H](N)C(=O)CC. The second-order valence-corrected chi connectivity index (χ2v) is 6.02. The number of ketones is 1. The van der Waals surface area contributed by atoms with Gasteiger partial charge in [-0.3, -0.25) is 4.79 Å². The highest BCUT2D eigenvalue weighted by Gasteiger charge is 2.25. The maximum absolute atomic E-state index is 11.4. The molecule has 0 aliphatic rings. The molecule has 0 fully saturated rings. The van der Waals surface area contributed by atoms with Crippen molar-refractivity contribution in [1.29, 1.82) is 0 Å². The molecule has 0 amide bonds. The Morgan fingerprint density at radius 1 is 1.44 bits per heavy atom. The molecule has 0 rings (SSSR count). The highest BCUT2D eigenvalue weighted by Crippen LogP contribution is 2.33. The van der Waals surface area contributed by atoms with E-state index >= 15 is 0 Å². The Kier molecular flexibility index (Phi) is 8.06. The van der Waals surface area contributed by atoms with Crippen LogP contribution in [0.25, 0.3) is 0 Å². The lowest BCUT2D eigenvalue weighted by Gasteiger charge is -2.29. The average molecular weight is 247 g/mol. The van der Waals surface area contributed by atoms with Crippen molar-refractivity contribution >= 4 is 17.5 Å². The monoisotopic (exact) mass is 247 g/mol. The van der Waals surface area contributed by atoms with Crippen molar-refractivity contribution in [3.8, 4) is 0 Å². The van der Waals surface area contributed by atoms with E-state index in [1.807, 2.05) is 6.92 Å². The van der Waals surface area contributed by atoms with Gasteiger partial charge in [-0.15, -0.1) is 0 Å². The maximum atomic E-state index is 11.4. The number of carbonyl (C=O) groups is 1. The Labute approximate surface area is 103 Å². The Bertz CT molecular complexity index is 203. The Balaban J connectivity index is 4.15. The summed E-state index contributed by atoms with van der Waals surface area (Å²) in [5.41, 5.74) is 5.79. The second-order valence-electron chi connectivity index (χ2n) is 4.41. The van der Waals surface area contributed by atoms with Crippen LogP contribution in [0.3, 0.4) is 0 Å². The van der Waals surface area contributed by atoms with E-state index in [0.717, 1.165) is 19.3 Å². The zero-order valence-electron chi connectivity index (χ0n) is 10.7. The molecule has 16 heavy (non-hydrogen) atoms. The van der Waals surface area contributed by atoms with Crippen molar-refractivity contribution < 1.29 is 9.90 Å². The van der Waals surface area contributed by atoms with Crippen LogP contribution in [0, 0.1) is 0 Å². The molecular formula is C12H25NO2S. The first kappa shape index (κ1) is 15.9. The number of thioether (sulfide) groups is 1. The molecule has 0 aromatic rings. The van der Waals surface area contributed by atoms with Gasteiger partial charge in [0.15, 0.2) is 0 Å². The van der Waals surface area contributed by atoms with E-state index in [9.17, 15) is 4.79 Å². The quantitative estimate of drug-likeness (QED) is 0.654. The first-order valence-corrected chi connectivity index (χ1v) is 7.00. The minimum absolute atomic E-state index is 0.0507. The first-order valence-electron chi connectivity index (χ1n) is 6.02. The van der Waals surface area contributed by atoms with Gasteiger partial charge in [-0.05, 0) is 12.8 Å². The number of aliphatic hydroxyl groups excluding tert-OH is 1. The molecule has 0 saturated heterocycles. The van der Waals surface area contributed by atoms with Gasteiger partial charge in [-0.2, -0.15) is 11.8 Å². The van der Waals surface area contributed by atoms with Crippen molar-refractivity contribution in [3.05, 3.63) is 0 Å². The van der Waals surface area contributed by atoms with Crippen molar-refractivity contribution in [1.82, 2.24) is 0 Å². The van der Waals surface area contributed by atoms with Crippen molar-refractivity contribution in [2.24, 2.45) is 5.73 Å². The molecule has 0 aliphatic carbocycles. The molecular weight excluding hydrogens is 222 g/mol. The summed E-state index contributed by atoms with van der Waals surface area (Å²) in [6.45, 7) is 6.31. The molecule has 0 aliphatic heterocycles. The molecule has 3 nitrogen and oxygen atoms in total. The molecule has 2 atom stereocenters. The third-order valence-electron chi connectivity index (χ3n) is 2.79. The van der Waals surface area contributed by atoms with Gasteiger partial charge in [-0.25, -0.2) is 0 Å². The largest absolute Gasteiger partial charge is 0.396 e. The summed E-state index contributed by atoms with van der Waals surface area (Å²) in [4.78, 5) is 11.4. The topological polar surface area (TPSA) is 63.3 Å². The molecule has 3 N–H and O–H groups in total. The summed E-state index contributed by atoms with van der Waals surface area (Å²) in [5.74, 6) is 0.777. The van der Waals surface area contributed by atoms with Gasteiger partial charge in [0, 0.05) is 23.5 Å². The van der Waals surface area contributed by atoms with Crippen molar-refractivity contribution in [3.63, 3.8) is 0 Å². The van der Waals surface area contributed by atoms with Crippen molar-refractivity contribution in [2.75, 3.05) is 12.4 Å². The van der Waals surface area contributed by atoms with E-state index < -0.39 is 0 Å². The van der Waals surface area contributed by atoms with Gasteiger partial charge < -0.3 is 10.8 Å². The molecule has 0 aromatic heterocycles. The van der Waals surface area contributed by atoms with E-state index in [1.54, 1.807) is 11.8 Å². The standard InChI is InChI=1S/C12H25NO2S/c1-4-6-12(3,7-8-14)16-9-10(13)11(15)5-2/h10,14H,4-9,13H2,1-3H3/t10-,12?/m0/s1. The van der Waals surface area contributed by atoms with E-state index in [0.29, 0.717) is 12.2 Å². The van der Waals surface area contributed by atoms with Crippen LogP contribution in [-0.4, -0.2) is 34.0 Å². The number of aliphatic hydroxyl groups is 1. The lowest BCUT2D eigenvalue weighted by atomic mass is 10.0. The van der Waals surface area contributed by atoms with Crippen LogP contribution < -0.4 is 5.73 Å². The molecule has 96 valence electrons. The summed E-state index contributed by atoms with van der Waals surface area (Å²) >= 11 is 1.72. The van der Waals surface area contributed by atoms with Gasteiger partial charge in [0.1, 0.15) is 5.78 Å². The third kappa shape index (κ3) is 5.87. The van der Waals surface area contributed by atoms with Crippen molar-refractivity contribution in [2.45, 2.75) is 57.2 Å². The Morgan fingerprint density at radius 2 is 2.06 bits per heavy atom. The van der Waals surface area contributed by atoms with Crippen LogP contribution in [-0.2, 0) is 4.79 Å². The van der Waals surface area contributed by atoms with Crippen LogP contribution in [0.5, 0.6) is 0 Å². The normalized spacial score (nSPS) is 16.8. The fourth-order valence-corrected chi connectivity index (χ4v) is 3.03. The molecule has 0 bridgehead atoms. The highest BCUT2D eigenvalue weighted by atomic mass is 32.2. The summed E-state index contributed by atoms with van der Waals surface area (Å²) in [6.07, 6.45) is 3.40. The van der Waals surface area contributed by atoms with Crippen LogP contribution >= 0.6 is 11.8 Å². The number of Topliss-reactive ketones (excluding diaryl/α,β-unsaturated/α-hetero) is 1. The Hall–Kier alpha value is -0.0600. The molecule has 4 heteroatoms. The van der Waals surface area contributed by atoms with E-state index in [2.05, 4.69) is 13.8 Å². The number of hydrogen-bond acceptors (Lipinski definition) is 4. The molecule has 0 saturated carbocycles. The zero-order chi connectivity index (χ0) is 12.6. The minimum Gasteiger partial charge on any atom is -0.396 e. The van der Waals surface area contributed by atoms with Crippen LogP contribution in [0.2, 0.25) is 0 Å². The van der Waals surface area contributed by atoms with E-state index in [1.165, 1.54) is 0 Å². The third-order valence-corrected chi connectivity index (χ3v) is 4.42. The minimum atomic E-state index is -0.357. The Morgan fingerprint density at radius 3 is 2.50 bits per heavy atom. The van der Waals surface area contributed by atoms with Gasteiger partial charge in [0.25, 0.3) is 0 Å². The number of rotatable bonds is 9. The van der Waals surface area contributed by atoms with Crippen LogP contribution in [0.1, 0.15) is 46.5 Å². The molecule has 0 spiro atoms. The van der Waals surface area contributed by atoms with Gasteiger partial charge in [-0.1, -0.05) is 27.2 Å². The van der Waals surface area contributed by atoms with Gasteiger partial charge >= 0.3 is 0 Å². The maximum Gasteiger partial charge on any atom is 0.150 e. The smallest absolute Gasteiger partial charge is 0.150 e. The number of nitrogens with two attached hydrogens (primary N) is 1. The molecule has 0 aromatic carbocycles. The van der Waals surface area contributed by atoms with Gasteiger partial charge in [0.05, 0.1) is 6.04 Å². The van der Waals surface area contributed by atoms with Crippen LogP contribution in [0.15, 0.2) is 0 Å². The first-order chi connectivity index (χ1) is 7.49. The zero-order valence-corrected chi connectivity index (χ0v) is 11.5. The summed E-state index contributed by atoms with van der Waals surface area (Å²) in [6, 6.07) is -0.357. The predicted octanol–water partition coefficient (Wildman–Crippen LogP) is 1.97. The predicted molar refractivity (Wildman–Crippen MR) is 70.7 cm³/mol. The fraction of sp³-hybridized carbons (Fsp3) is 0.917. The number of hydrogen-bond donors (Lipinski definition) is 2. The average Bonchev–Trinajstić information content (AvgIpc) is 2.25. The van der Waals surface area contributed by atoms with Crippen LogP contribution in [0.4, 0.5) is 0 Å². The fourth-order valence-electron chi connectivity index (χ4n) is 1.68. The lowest BCUT2D eigenvalue weighted by molar-refractivity contribution is -0.119. The molecule has 0 heterocycles. The summed E-state index contributed by atoms with van der Waals surface area (Å²) in [5, 5.41) is 9.04. The van der Waals surface area contributed by atoms with E-state index in [4.69, 9.17) is 10.8 Å². The van der Waals surface area contributed by atoms with E-state index in [-0.39, 0.29) is 23.2 Å². The van der Waals surface area contributed by atoms with Gasteiger partial charge in [0.2, 0.25) is 0 Å². The highest BCUT2D eigenvalue weighted by molar-refractivity contribution is 8.00. The summed E-state index contributed by atoms with van der Waals surface area (Å²) in [7, 11) is 0. The lowest BCUT2D eigenvalue weighted by Crippen LogP contribution is -2.35.